The Morgan fingerprint density at radius 2 is 1.74 bits per heavy atom. The molecule has 0 bridgehead atoms. The molecule has 1 N–H and O–H groups in total. The Morgan fingerprint density at radius 1 is 1.09 bits per heavy atom. The number of nitrogens with one attached hydrogen (secondary N) is 1. The minimum absolute atomic E-state index is 0.0963. The van der Waals surface area contributed by atoms with E-state index >= 15 is 0 Å². The van der Waals surface area contributed by atoms with E-state index in [4.69, 9.17) is 4.74 Å². The number of para-hydroxylation sites is 2. The summed E-state index contributed by atoms with van der Waals surface area (Å²) in [6, 6.07) is 17.8. The first kappa shape index (κ1) is 15.4. The highest BCUT2D eigenvalue weighted by Crippen LogP contribution is 2.38. The lowest BCUT2D eigenvalue weighted by Crippen LogP contribution is -2.44. The molecule has 0 saturated heterocycles. The predicted octanol–water partition coefficient (Wildman–Crippen LogP) is 4.59. The summed E-state index contributed by atoms with van der Waals surface area (Å²) in [7, 11) is 0. The number of nitrogens with zero attached hydrogens (tertiary/aromatic N) is 1. The third-order valence-electron chi connectivity index (χ3n) is 3.74. The lowest BCUT2D eigenvalue weighted by Gasteiger charge is -2.38. The van der Waals surface area contributed by atoms with E-state index < -0.39 is 5.60 Å². The smallest absolute Gasteiger partial charge is 0.415 e. The maximum atomic E-state index is 12.8. The molecular formula is C19H22N2O2. The quantitative estimate of drug-likeness (QED) is 0.837. The largest absolute Gasteiger partial charge is 0.443 e. The third kappa shape index (κ3) is 3.31. The molecule has 1 heterocycles. The van der Waals surface area contributed by atoms with Crippen LogP contribution in [0.1, 0.15) is 32.4 Å². The Bertz CT molecular complexity index is 692. The van der Waals surface area contributed by atoms with Gasteiger partial charge >= 0.3 is 6.09 Å². The number of hydrogen-bond donors (Lipinski definition) is 1. The van der Waals surface area contributed by atoms with Crippen LogP contribution >= 0.6 is 0 Å². The first-order valence-electron chi connectivity index (χ1n) is 7.86. The van der Waals surface area contributed by atoms with Gasteiger partial charge in [0.15, 0.2) is 0 Å². The number of carbonyl (C=O) groups excluding carboxylic acids is 1. The van der Waals surface area contributed by atoms with Crippen molar-refractivity contribution in [2.45, 2.75) is 32.4 Å². The molecule has 1 aliphatic heterocycles. The molecule has 1 atom stereocenters. The zero-order valence-corrected chi connectivity index (χ0v) is 13.7. The molecule has 0 spiro atoms. The second-order valence-corrected chi connectivity index (χ2v) is 6.67. The summed E-state index contributed by atoms with van der Waals surface area (Å²) in [6.45, 7) is 6.31. The van der Waals surface area contributed by atoms with E-state index in [1.165, 1.54) is 0 Å². The number of carbonyl (C=O) groups is 1. The first-order valence-corrected chi connectivity index (χ1v) is 7.86. The number of ether oxygens (including phenoxy) is 1. The standard InChI is InChI=1S/C19H22N2O2/c1-19(2,3)23-18(22)21-16-12-8-7-11-15(16)20-13-17(21)14-9-5-4-6-10-14/h4-12,17,20H,13H2,1-3H3/t17-/m0/s1. The molecule has 120 valence electrons. The molecule has 0 aliphatic carbocycles. The van der Waals surface area contributed by atoms with Gasteiger partial charge in [-0.2, -0.15) is 0 Å². The molecule has 0 saturated carbocycles. The Labute approximate surface area is 137 Å². The van der Waals surface area contributed by atoms with Gasteiger partial charge < -0.3 is 10.1 Å². The highest BCUT2D eigenvalue weighted by molar-refractivity contribution is 5.94. The SMILES string of the molecule is CC(C)(C)OC(=O)N1c2ccccc2NC[C@H]1c1ccccc1. The van der Waals surface area contributed by atoms with Crippen LogP contribution in [-0.4, -0.2) is 18.2 Å². The summed E-state index contributed by atoms with van der Waals surface area (Å²) >= 11 is 0. The molecule has 3 rings (SSSR count). The van der Waals surface area contributed by atoms with Crippen LogP contribution in [0.25, 0.3) is 0 Å². The lowest BCUT2D eigenvalue weighted by molar-refractivity contribution is 0.0565. The van der Waals surface area contributed by atoms with Crippen molar-refractivity contribution < 1.29 is 9.53 Å². The van der Waals surface area contributed by atoms with Crippen LogP contribution in [0.2, 0.25) is 0 Å². The van der Waals surface area contributed by atoms with Gasteiger partial charge in [0.05, 0.1) is 17.4 Å². The van der Waals surface area contributed by atoms with Crippen LogP contribution < -0.4 is 10.2 Å². The molecule has 0 unspecified atom stereocenters. The minimum atomic E-state index is -0.530. The summed E-state index contributed by atoms with van der Waals surface area (Å²) in [6.07, 6.45) is -0.319. The van der Waals surface area contributed by atoms with Gasteiger partial charge in [0.2, 0.25) is 0 Å². The van der Waals surface area contributed by atoms with Gasteiger partial charge in [-0.1, -0.05) is 42.5 Å². The number of anilines is 2. The van der Waals surface area contributed by atoms with Crippen molar-refractivity contribution in [2.75, 3.05) is 16.8 Å². The van der Waals surface area contributed by atoms with Gasteiger partial charge in [0.25, 0.3) is 0 Å². The Hall–Kier alpha value is -2.49. The minimum Gasteiger partial charge on any atom is -0.443 e. The van der Waals surface area contributed by atoms with E-state index in [9.17, 15) is 4.79 Å². The van der Waals surface area contributed by atoms with Crippen LogP contribution in [0.4, 0.5) is 16.2 Å². The Balaban J connectivity index is 2.02. The summed E-state index contributed by atoms with van der Waals surface area (Å²) in [4.78, 5) is 14.6. The normalized spacial score (nSPS) is 17.2. The molecule has 1 amide bonds. The summed E-state index contributed by atoms with van der Waals surface area (Å²) in [5.74, 6) is 0. The zero-order chi connectivity index (χ0) is 16.4. The molecule has 0 radical (unpaired) electrons. The molecule has 1 aliphatic rings. The second kappa shape index (κ2) is 5.95. The Kier molecular flexibility index (Phi) is 3.99. The molecule has 2 aromatic rings. The zero-order valence-electron chi connectivity index (χ0n) is 13.7. The highest BCUT2D eigenvalue weighted by Gasteiger charge is 2.34. The van der Waals surface area contributed by atoms with E-state index in [0.717, 1.165) is 16.9 Å². The Morgan fingerprint density at radius 3 is 2.43 bits per heavy atom. The van der Waals surface area contributed by atoms with Gasteiger partial charge in [-0.05, 0) is 38.5 Å². The fourth-order valence-corrected chi connectivity index (χ4v) is 2.78. The van der Waals surface area contributed by atoms with Crippen molar-refractivity contribution in [1.29, 1.82) is 0 Å². The van der Waals surface area contributed by atoms with Gasteiger partial charge in [-0.3, -0.25) is 4.90 Å². The topological polar surface area (TPSA) is 41.6 Å². The van der Waals surface area contributed by atoms with Crippen LogP contribution in [0.5, 0.6) is 0 Å². The lowest BCUT2D eigenvalue weighted by atomic mass is 10.0. The van der Waals surface area contributed by atoms with Crippen LogP contribution in [0.15, 0.2) is 54.6 Å². The molecular weight excluding hydrogens is 288 g/mol. The van der Waals surface area contributed by atoms with Gasteiger partial charge in [-0.25, -0.2) is 4.79 Å². The van der Waals surface area contributed by atoms with E-state index in [1.54, 1.807) is 4.90 Å². The van der Waals surface area contributed by atoms with Gasteiger partial charge in [0, 0.05) is 6.54 Å². The average Bonchev–Trinajstić information content (AvgIpc) is 2.53. The van der Waals surface area contributed by atoms with E-state index in [-0.39, 0.29) is 12.1 Å². The number of fused-ring (bicyclic) bond motifs is 1. The van der Waals surface area contributed by atoms with Crippen LogP contribution in [0.3, 0.4) is 0 Å². The van der Waals surface area contributed by atoms with E-state index in [0.29, 0.717) is 6.54 Å². The van der Waals surface area contributed by atoms with Crippen molar-refractivity contribution in [3.8, 4) is 0 Å². The summed E-state index contributed by atoms with van der Waals surface area (Å²) < 4.78 is 5.64. The maximum Gasteiger partial charge on any atom is 0.415 e. The van der Waals surface area contributed by atoms with Crippen molar-refractivity contribution in [2.24, 2.45) is 0 Å². The van der Waals surface area contributed by atoms with E-state index in [1.807, 2.05) is 75.4 Å². The van der Waals surface area contributed by atoms with Crippen molar-refractivity contribution >= 4 is 17.5 Å². The average molecular weight is 310 g/mol. The fraction of sp³-hybridized carbons (Fsp3) is 0.316. The molecule has 4 heteroatoms. The second-order valence-electron chi connectivity index (χ2n) is 6.67. The monoisotopic (exact) mass is 310 g/mol. The van der Waals surface area contributed by atoms with Crippen molar-refractivity contribution in [3.05, 3.63) is 60.2 Å². The van der Waals surface area contributed by atoms with Crippen molar-refractivity contribution in [3.63, 3.8) is 0 Å². The van der Waals surface area contributed by atoms with Gasteiger partial charge in [0.1, 0.15) is 5.60 Å². The maximum absolute atomic E-state index is 12.8. The van der Waals surface area contributed by atoms with Crippen LogP contribution in [0, 0.1) is 0 Å². The highest BCUT2D eigenvalue weighted by atomic mass is 16.6. The van der Waals surface area contributed by atoms with Gasteiger partial charge in [-0.15, -0.1) is 0 Å². The van der Waals surface area contributed by atoms with Crippen LogP contribution in [-0.2, 0) is 4.74 Å². The molecule has 23 heavy (non-hydrogen) atoms. The summed E-state index contributed by atoms with van der Waals surface area (Å²) in [5.41, 5.74) is 2.35. The number of benzene rings is 2. The number of amides is 1. The number of hydrogen-bond acceptors (Lipinski definition) is 3. The predicted molar refractivity (Wildman–Crippen MR) is 92.8 cm³/mol. The third-order valence-corrected chi connectivity index (χ3v) is 3.74. The fourth-order valence-electron chi connectivity index (χ4n) is 2.78. The molecule has 0 fully saturated rings. The summed E-state index contributed by atoms with van der Waals surface area (Å²) in [5, 5.41) is 3.41. The molecule has 2 aromatic carbocycles. The number of rotatable bonds is 1. The first-order chi connectivity index (χ1) is 11.0. The molecule has 4 nitrogen and oxygen atoms in total. The molecule has 0 aromatic heterocycles. The van der Waals surface area contributed by atoms with E-state index in [2.05, 4.69) is 5.32 Å². The van der Waals surface area contributed by atoms with Crippen molar-refractivity contribution in [1.82, 2.24) is 0 Å².